The number of anilines is 2. The average Bonchev–Trinajstić information content (AvgIpc) is 2.35. The summed E-state index contributed by atoms with van der Waals surface area (Å²) in [5.41, 5.74) is 5.63. The number of aromatic carboxylic acids is 1. The zero-order valence-electron chi connectivity index (χ0n) is 11.3. The fraction of sp³-hybridized carbons (Fsp3) is 0.417. The Hall–Kier alpha value is -2.31. The predicted molar refractivity (Wildman–Crippen MR) is 72.2 cm³/mol. The number of likely N-dealkylation sites (N-methyl/N-ethyl adjacent to an activating group) is 2. The number of carboxylic acid groups (broad SMARTS) is 1. The summed E-state index contributed by atoms with van der Waals surface area (Å²) in [5, 5.41) is 9.01. The number of carbonyl (C=O) groups excluding carboxylic acids is 1. The number of nitrogen functional groups attached to an aromatic ring is 1. The molecule has 0 fully saturated rings. The Morgan fingerprint density at radius 1 is 1.42 bits per heavy atom. The molecule has 104 valence electrons. The van der Waals surface area contributed by atoms with Crippen LogP contribution in [0.25, 0.3) is 0 Å². The first-order valence-corrected chi connectivity index (χ1v) is 5.80. The highest BCUT2D eigenvalue weighted by molar-refractivity contribution is 5.94. The SMILES string of the molecule is CCN(CC(=O)N(C)C)c1cc(C(=O)O)c(N)cn1. The van der Waals surface area contributed by atoms with Crippen LogP contribution in [0.3, 0.4) is 0 Å². The maximum atomic E-state index is 11.7. The van der Waals surface area contributed by atoms with Gasteiger partial charge in [-0.1, -0.05) is 0 Å². The van der Waals surface area contributed by atoms with E-state index < -0.39 is 5.97 Å². The molecule has 0 spiro atoms. The van der Waals surface area contributed by atoms with Gasteiger partial charge >= 0.3 is 5.97 Å². The first kappa shape index (κ1) is 14.7. The van der Waals surface area contributed by atoms with Crippen LogP contribution in [0.4, 0.5) is 11.5 Å². The molecule has 3 N–H and O–H groups in total. The van der Waals surface area contributed by atoms with E-state index in [0.29, 0.717) is 12.4 Å². The summed E-state index contributed by atoms with van der Waals surface area (Å²) < 4.78 is 0. The highest BCUT2D eigenvalue weighted by Crippen LogP contribution is 2.18. The van der Waals surface area contributed by atoms with Crippen LogP contribution in [0.15, 0.2) is 12.3 Å². The van der Waals surface area contributed by atoms with Gasteiger partial charge in [-0.2, -0.15) is 0 Å². The van der Waals surface area contributed by atoms with E-state index in [0.717, 1.165) is 0 Å². The zero-order chi connectivity index (χ0) is 14.6. The summed E-state index contributed by atoms with van der Waals surface area (Å²) in [4.78, 5) is 29.9. The Kier molecular flexibility index (Phi) is 4.68. The smallest absolute Gasteiger partial charge is 0.337 e. The van der Waals surface area contributed by atoms with Crippen LogP contribution >= 0.6 is 0 Å². The lowest BCUT2D eigenvalue weighted by Gasteiger charge is -2.23. The van der Waals surface area contributed by atoms with E-state index in [2.05, 4.69) is 4.98 Å². The lowest BCUT2D eigenvalue weighted by atomic mass is 10.2. The van der Waals surface area contributed by atoms with Gasteiger partial charge in [0.1, 0.15) is 5.82 Å². The first-order chi connectivity index (χ1) is 8.86. The zero-order valence-corrected chi connectivity index (χ0v) is 11.3. The van der Waals surface area contributed by atoms with Crippen molar-refractivity contribution in [3.05, 3.63) is 17.8 Å². The van der Waals surface area contributed by atoms with E-state index in [1.165, 1.54) is 17.2 Å². The number of rotatable bonds is 5. The number of amides is 1. The molecule has 0 aliphatic carbocycles. The van der Waals surface area contributed by atoms with Crippen molar-refractivity contribution < 1.29 is 14.7 Å². The third kappa shape index (κ3) is 3.57. The van der Waals surface area contributed by atoms with Crippen molar-refractivity contribution >= 4 is 23.4 Å². The van der Waals surface area contributed by atoms with Gasteiger partial charge in [0.15, 0.2) is 0 Å². The Bertz CT molecular complexity index is 488. The summed E-state index contributed by atoms with van der Waals surface area (Å²) in [7, 11) is 3.32. The van der Waals surface area contributed by atoms with Crippen molar-refractivity contribution in [1.29, 1.82) is 0 Å². The van der Waals surface area contributed by atoms with Gasteiger partial charge in [-0.15, -0.1) is 0 Å². The molecule has 1 aromatic rings. The van der Waals surface area contributed by atoms with Gasteiger partial charge in [-0.25, -0.2) is 9.78 Å². The maximum Gasteiger partial charge on any atom is 0.337 e. The quantitative estimate of drug-likeness (QED) is 0.794. The minimum Gasteiger partial charge on any atom is -0.478 e. The van der Waals surface area contributed by atoms with E-state index in [4.69, 9.17) is 10.8 Å². The van der Waals surface area contributed by atoms with Crippen molar-refractivity contribution in [2.45, 2.75) is 6.92 Å². The summed E-state index contributed by atoms with van der Waals surface area (Å²) in [6.45, 7) is 2.54. The molecular formula is C12H18N4O3. The van der Waals surface area contributed by atoms with Gasteiger partial charge in [0.25, 0.3) is 0 Å². The molecule has 0 saturated heterocycles. The Morgan fingerprint density at radius 2 is 2.05 bits per heavy atom. The molecule has 0 aliphatic heterocycles. The lowest BCUT2D eigenvalue weighted by molar-refractivity contribution is -0.127. The number of nitrogens with two attached hydrogens (primary N) is 1. The number of carbonyl (C=O) groups is 2. The number of carboxylic acids is 1. The largest absolute Gasteiger partial charge is 0.478 e. The van der Waals surface area contributed by atoms with Crippen molar-refractivity contribution in [2.75, 3.05) is 37.8 Å². The van der Waals surface area contributed by atoms with Gasteiger partial charge in [0.2, 0.25) is 5.91 Å². The molecule has 7 nitrogen and oxygen atoms in total. The normalized spacial score (nSPS) is 10.1. The summed E-state index contributed by atoms with van der Waals surface area (Å²) >= 11 is 0. The number of nitrogens with zero attached hydrogens (tertiary/aromatic N) is 3. The van der Waals surface area contributed by atoms with Crippen LogP contribution in [0.5, 0.6) is 0 Å². The van der Waals surface area contributed by atoms with Crippen LogP contribution in [0.2, 0.25) is 0 Å². The molecule has 1 rings (SSSR count). The molecule has 7 heteroatoms. The standard InChI is InChI=1S/C12H18N4O3/c1-4-16(7-11(17)15(2)3)10-5-8(12(18)19)9(13)6-14-10/h5-6H,4,7,13H2,1-3H3,(H,18,19). The van der Waals surface area contributed by atoms with E-state index in [-0.39, 0.29) is 23.7 Å². The topological polar surface area (TPSA) is 99.8 Å². The van der Waals surface area contributed by atoms with Gasteiger partial charge < -0.3 is 20.6 Å². The number of pyridine rings is 1. The summed E-state index contributed by atoms with van der Waals surface area (Å²) in [6, 6.07) is 1.38. The Morgan fingerprint density at radius 3 is 2.53 bits per heavy atom. The molecule has 0 saturated carbocycles. The average molecular weight is 266 g/mol. The minimum absolute atomic E-state index is 0.0132. The van der Waals surface area contributed by atoms with Gasteiger partial charge in [0, 0.05) is 20.6 Å². The monoisotopic (exact) mass is 266 g/mol. The summed E-state index contributed by atoms with van der Waals surface area (Å²) in [6.07, 6.45) is 1.29. The molecule has 1 heterocycles. The first-order valence-electron chi connectivity index (χ1n) is 5.80. The third-order valence-corrected chi connectivity index (χ3v) is 2.68. The van der Waals surface area contributed by atoms with Gasteiger partial charge in [0.05, 0.1) is 24.0 Å². The highest BCUT2D eigenvalue weighted by atomic mass is 16.4. The number of hydrogen-bond donors (Lipinski definition) is 2. The van der Waals surface area contributed by atoms with E-state index in [1.807, 2.05) is 6.92 Å². The van der Waals surface area contributed by atoms with E-state index >= 15 is 0 Å². The molecule has 0 atom stereocenters. The van der Waals surface area contributed by atoms with Crippen molar-refractivity contribution in [2.24, 2.45) is 0 Å². The van der Waals surface area contributed by atoms with Gasteiger partial charge in [-0.05, 0) is 13.0 Å². The lowest BCUT2D eigenvalue weighted by Crippen LogP contribution is -2.37. The van der Waals surface area contributed by atoms with Crippen LogP contribution in [0, 0.1) is 0 Å². The molecular weight excluding hydrogens is 248 g/mol. The molecule has 19 heavy (non-hydrogen) atoms. The van der Waals surface area contributed by atoms with Crippen molar-refractivity contribution in [3.63, 3.8) is 0 Å². The van der Waals surface area contributed by atoms with Crippen molar-refractivity contribution in [1.82, 2.24) is 9.88 Å². The Balaban J connectivity index is 3.02. The molecule has 0 aliphatic rings. The van der Waals surface area contributed by atoms with Crippen LogP contribution < -0.4 is 10.6 Å². The fourth-order valence-corrected chi connectivity index (χ4v) is 1.47. The van der Waals surface area contributed by atoms with Gasteiger partial charge in [-0.3, -0.25) is 4.79 Å². The van der Waals surface area contributed by atoms with E-state index in [1.54, 1.807) is 19.0 Å². The van der Waals surface area contributed by atoms with Crippen LogP contribution in [-0.2, 0) is 4.79 Å². The number of hydrogen-bond acceptors (Lipinski definition) is 5. The fourth-order valence-electron chi connectivity index (χ4n) is 1.47. The van der Waals surface area contributed by atoms with E-state index in [9.17, 15) is 9.59 Å². The Labute approximate surface area is 111 Å². The second-order valence-corrected chi connectivity index (χ2v) is 4.24. The highest BCUT2D eigenvalue weighted by Gasteiger charge is 2.16. The number of aromatic nitrogens is 1. The molecule has 1 amide bonds. The second kappa shape index (κ2) is 6.03. The van der Waals surface area contributed by atoms with Crippen molar-refractivity contribution in [3.8, 4) is 0 Å². The minimum atomic E-state index is -1.11. The second-order valence-electron chi connectivity index (χ2n) is 4.24. The van der Waals surface area contributed by atoms with Crippen LogP contribution in [0.1, 0.15) is 17.3 Å². The molecule has 0 radical (unpaired) electrons. The maximum absolute atomic E-state index is 11.7. The molecule has 0 bridgehead atoms. The summed E-state index contributed by atoms with van der Waals surface area (Å²) in [5.74, 6) is -0.780. The third-order valence-electron chi connectivity index (χ3n) is 2.68. The molecule has 0 aromatic carbocycles. The molecule has 0 unspecified atom stereocenters. The molecule has 1 aromatic heterocycles. The predicted octanol–water partition coefficient (Wildman–Crippen LogP) is 0.277. The van der Waals surface area contributed by atoms with Crippen LogP contribution in [-0.4, -0.2) is 54.1 Å².